The molecule has 0 aliphatic rings. The van der Waals surface area contributed by atoms with Crippen molar-refractivity contribution in [2.75, 3.05) is 13.1 Å². The maximum absolute atomic E-state index is 12.0. The summed E-state index contributed by atoms with van der Waals surface area (Å²) in [5.74, 6) is -0.537. The molecule has 0 aliphatic heterocycles. The highest BCUT2D eigenvalue weighted by Crippen LogP contribution is 2.18. The van der Waals surface area contributed by atoms with Crippen molar-refractivity contribution in [3.05, 3.63) is 35.9 Å². The van der Waals surface area contributed by atoms with Gasteiger partial charge in [0.1, 0.15) is 0 Å². The van der Waals surface area contributed by atoms with E-state index in [1.54, 1.807) is 6.92 Å². The molecule has 0 spiro atoms. The summed E-state index contributed by atoms with van der Waals surface area (Å²) in [6.07, 6.45) is 0.285. The highest BCUT2D eigenvalue weighted by atomic mass is 16.2. The maximum Gasteiger partial charge on any atom is 0.224 e. The molecular weight excluding hydrogens is 254 g/mol. The Labute approximate surface area is 119 Å². The number of amides is 2. The smallest absolute Gasteiger partial charge is 0.224 e. The molecule has 2 atom stereocenters. The molecule has 5 heteroatoms. The minimum Gasteiger partial charge on any atom is -0.356 e. The van der Waals surface area contributed by atoms with Gasteiger partial charge in [0.25, 0.3) is 0 Å². The Kier molecular flexibility index (Phi) is 6.73. The summed E-state index contributed by atoms with van der Waals surface area (Å²) in [6.45, 7) is 4.58. The third-order valence-electron chi connectivity index (χ3n) is 3.16. The van der Waals surface area contributed by atoms with Gasteiger partial charge in [-0.05, 0) is 12.5 Å². The summed E-state index contributed by atoms with van der Waals surface area (Å²) in [4.78, 5) is 23.2. The van der Waals surface area contributed by atoms with Crippen molar-refractivity contribution in [3.63, 3.8) is 0 Å². The molecule has 1 rings (SSSR count). The molecule has 2 unspecified atom stereocenters. The fourth-order valence-corrected chi connectivity index (χ4v) is 1.87. The first-order chi connectivity index (χ1) is 9.56. The molecule has 20 heavy (non-hydrogen) atoms. The Hall–Kier alpha value is -1.88. The summed E-state index contributed by atoms with van der Waals surface area (Å²) in [6, 6.07) is 9.17. The molecule has 110 valence electrons. The predicted octanol–water partition coefficient (Wildman–Crippen LogP) is 0.965. The van der Waals surface area contributed by atoms with Crippen LogP contribution >= 0.6 is 0 Å². The van der Waals surface area contributed by atoms with E-state index in [4.69, 9.17) is 5.73 Å². The SMILES string of the molecule is CCNC(=O)CCNC(=O)C(C)C(N)c1ccccc1. The number of hydrogen-bond donors (Lipinski definition) is 3. The molecule has 4 N–H and O–H groups in total. The van der Waals surface area contributed by atoms with Crippen molar-refractivity contribution in [1.82, 2.24) is 10.6 Å². The Morgan fingerprint density at radius 2 is 1.85 bits per heavy atom. The van der Waals surface area contributed by atoms with Gasteiger partial charge in [0, 0.05) is 25.6 Å². The fourth-order valence-electron chi connectivity index (χ4n) is 1.87. The van der Waals surface area contributed by atoms with E-state index in [1.807, 2.05) is 37.3 Å². The van der Waals surface area contributed by atoms with Crippen molar-refractivity contribution >= 4 is 11.8 Å². The van der Waals surface area contributed by atoms with Crippen LogP contribution in [0.25, 0.3) is 0 Å². The van der Waals surface area contributed by atoms with Crippen molar-refractivity contribution in [3.8, 4) is 0 Å². The molecule has 0 radical (unpaired) electrons. The Morgan fingerprint density at radius 1 is 1.20 bits per heavy atom. The topological polar surface area (TPSA) is 84.2 Å². The minimum absolute atomic E-state index is 0.0622. The van der Waals surface area contributed by atoms with Crippen LogP contribution in [0.4, 0.5) is 0 Å². The van der Waals surface area contributed by atoms with Crippen LogP contribution in [0.2, 0.25) is 0 Å². The number of carbonyl (C=O) groups excluding carboxylic acids is 2. The number of benzene rings is 1. The Morgan fingerprint density at radius 3 is 2.45 bits per heavy atom. The van der Waals surface area contributed by atoms with Gasteiger partial charge in [-0.25, -0.2) is 0 Å². The summed E-state index contributed by atoms with van der Waals surface area (Å²) >= 11 is 0. The van der Waals surface area contributed by atoms with Gasteiger partial charge in [-0.2, -0.15) is 0 Å². The van der Waals surface area contributed by atoms with Crippen LogP contribution in [-0.4, -0.2) is 24.9 Å². The molecule has 0 heterocycles. The molecule has 1 aromatic rings. The molecule has 0 aromatic heterocycles. The number of nitrogens with two attached hydrogens (primary N) is 1. The number of carbonyl (C=O) groups is 2. The van der Waals surface area contributed by atoms with E-state index in [9.17, 15) is 9.59 Å². The lowest BCUT2D eigenvalue weighted by atomic mass is 9.95. The average Bonchev–Trinajstić information content (AvgIpc) is 2.46. The van der Waals surface area contributed by atoms with Crippen LogP contribution < -0.4 is 16.4 Å². The molecular formula is C15H23N3O2. The first kappa shape index (κ1) is 16.2. The highest BCUT2D eigenvalue weighted by molar-refractivity contribution is 5.80. The molecule has 0 bridgehead atoms. The van der Waals surface area contributed by atoms with Gasteiger partial charge in [-0.3, -0.25) is 9.59 Å². The van der Waals surface area contributed by atoms with E-state index in [0.717, 1.165) is 5.56 Å². The van der Waals surface area contributed by atoms with E-state index in [1.165, 1.54) is 0 Å². The monoisotopic (exact) mass is 277 g/mol. The normalized spacial score (nSPS) is 13.3. The largest absolute Gasteiger partial charge is 0.356 e. The molecule has 1 aromatic carbocycles. The average molecular weight is 277 g/mol. The van der Waals surface area contributed by atoms with Crippen LogP contribution in [0.3, 0.4) is 0 Å². The zero-order valence-electron chi connectivity index (χ0n) is 12.1. The highest BCUT2D eigenvalue weighted by Gasteiger charge is 2.21. The molecule has 0 aliphatic carbocycles. The van der Waals surface area contributed by atoms with Crippen molar-refractivity contribution in [2.45, 2.75) is 26.3 Å². The van der Waals surface area contributed by atoms with Gasteiger partial charge in [-0.15, -0.1) is 0 Å². The van der Waals surface area contributed by atoms with Crippen LogP contribution in [0.1, 0.15) is 31.9 Å². The van der Waals surface area contributed by atoms with Gasteiger partial charge in [0.2, 0.25) is 11.8 Å². The van der Waals surface area contributed by atoms with Crippen molar-refractivity contribution in [1.29, 1.82) is 0 Å². The first-order valence-electron chi connectivity index (χ1n) is 6.91. The van der Waals surface area contributed by atoms with E-state index < -0.39 is 0 Å². The standard InChI is InChI=1S/C15H23N3O2/c1-3-17-13(19)9-10-18-15(20)11(2)14(16)12-7-5-4-6-8-12/h4-8,11,14H,3,9-10,16H2,1-2H3,(H,17,19)(H,18,20). The number of hydrogen-bond acceptors (Lipinski definition) is 3. The van der Waals surface area contributed by atoms with Gasteiger partial charge in [-0.1, -0.05) is 37.3 Å². The maximum atomic E-state index is 12.0. The van der Waals surface area contributed by atoms with E-state index in [-0.39, 0.29) is 30.2 Å². The van der Waals surface area contributed by atoms with E-state index in [2.05, 4.69) is 10.6 Å². The molecule has 2 amide bonds. The summed E-state index contributed by atoms with van der Waals surface area (Å²) in [5, 5.41) is 5.42. The lowest BCUT2D eigenvalue weighted by molar-refractivity contribution is -0.125. The lowest BCUT2D eigenvalue weighted by Gasteiger charge is -2.19. The van der Waals surface area contributed by atoms with Crippen molar-refractivity contribution in [2.24, 2.45) is 11.7 Å². The van der Waals surface area contributed by atoms with E-state index in [0.29, 0.717) is 13.1 Å². The first-order valence-corrected chi connectivity index (χ1v) is 6.91. The third kappa shape index (κ3) is 5.01. The lowest BCUT2D eigenvalue weighted by Crippen LogP contribution is -2.37. The van der Waals surface area contributed by atoms with Crippen LogP contribution in [0.15, 0.2) is 30.3 Å². The van der Waals surface area contributed by atoms with Gasteiger partial charge < -0.3 is 16.4 Å². The Bertz CT molecular complexity index is 434. The van der Waals surface area contributed by atoms with Crippen LogP contribution in [0, 0.1) is 5.92 Å². The van der Waals surface area contributed by atoms with Gasteiger partial charge in [0.15, 0.2) is 0 Å². The molecule has 5 nitrogen and oxygen atoms in total. The fraction of sp³-hybridized carbons (Fsp3) is 0.467. The Balaban J connectivity index is 2.41. The second-order valence-electron chi connectivity index (χ2n) is 4.72. The van der Waals surface area contributed by atoms with E-state index >= 15 is 0 Å². The zero-order chi connectivity index (χ0) is 15.0. The number of rotatable bonds is 7. The third-order valence-corrected chi connectivity index (χ3v) is 3.16. The van der Waals surface area contributed by atoms with Gasteiger partial charge >= 0.3 is 0 Å². The van der Waals surface area contributed by atoms with Crippen molar-refractivity contribution < 1.29 is 9.59 Å². The summed E-state index contributed by atoms with van der Waals surface area (Å²) < 4.78 is 0. The summed E-state index contributed by atoms with van der Waals surface area (Å²) in [7, 11) is 0. The number of nitrogens with one attached hydrogen (secondary N) is 2. The zero-order valence-corrected chi connectivity index (χ0v) is 12.1. The quantitative estimate of drug-likeness (QED) is 0.694. The van der Waals surface area contributed by atoms with Crippen LogP contribution in [0.5, 0.6) is 0 Å². The predicted molar refractivity (Wildman–Crippen MR) is 78.8 cm³/mol. The second-order valence-corrected chi connectivity index (χ2v) is 4.72. The minimum atomic E-state index is -0.347. The molecule has 0 saturated carbocycles. The van der Waals surface area contributed by atoms with Crippen LogP contribution in [-0.2, 0) is 9.59 Å². The summed E-state index contributed by atoms with van der Waals surface area (Å²) in [5.41, 5.74) is 7.01. The second kappa shape index (κ2) is 8.32. The molecule has 0 saturated heterocycles. The molecule has 0 fully saturated rings. The van der Waals surface area contributed by atoms with Gasteiger partial charge in [0.05, 0.1) is 5.92 Å².